The van der Waals surface area contributed by atoms with Crippen LogP contribution in [0.25, 0.3) is 0 Å². The fourth-order valence-electron chi connectivity index (χ4n) is 1.98. The number of ether oxygens (including phenoxy) is 1. The number of hydrogen-bond donors (Lipinski definition) is 2. The molecule has 22 heavy (non-hydrogen) atoms. The molecule has 2 atom stereocenters. The number of nitrogens with zero attached hydrogens (tertiary/aromatic N) is 1. The molecule has 1 heterocycles. The lowest BCUT2D eigenvalue weighted by molar-refractivity contribution is -0.156. The standard InChI is InChI=1S/C17H28N2O3/c1-16(2,3)9-13(20)12-8-7-11(10-19-12)14(18)15(21)22-17(4,5)6/h7-8,10,13-14,20H,9,18H2,1-6H3. The summed E-state index contributed by atoms with van der Waals surface area (Å²) >= 11 is 0. The summed E-state index contributed by atoms with van der Waals surface area (Å²) in [4.78, 5) is 16.2. The highest BCUT2D eigenvalue weighted by atomic mass is 16.6. The van der Waals surface area contributed by atoms with Crippen LogP contribution in [0, 0.1) is 5.41 Å². The highest BCUT2D eigenvalue weighted by Gasteiger charge is 2.24. The largest absolute Gasteiger partial charge is 0.459 e. The van der Waals surface area contributed by atoms with Crippen molar-refractivity contribution in [2.45, 2.75) is 65.7 Å². The van der Waals surface area contributed by atoms with Crippen LogP contribution in [0.2, 0.25) is 0 Å². The number of aliphatic hydroxyl groups is 1. The molecule has 5 nitrogen and oxygen atoms in total. The van der Waals surface area contributed by atoms with E-state index in [4.69, 9.17) is 10.5 Å². The quantitative estimate of drug-likeness (QED) is 0.835. The molecule has 5 heteroatoms. The van der Waals surface area contributed by atoms with Gasteiger partial charge < -0.3 is 15.6 Å². The van der Waals surface area contributed by atoms with E-state index in [1.807, 2.05) is 0 Å². The molecule has 2 unspecified atom stereocenters. The fourth-order valence-corrected chi connectivity index (χ4v) is 1.98. The molecule has 0 radical (unpaired) electrons. The fraction of sp³-hybridized carbons (Fsp3) is 0.647. The Morgan fingerprint density at radius 1 is 1.27 bits per heavy atom. The van der Waals surface area contributed by atoms with E-state index >= 15 is 0 Å². The Hall–Kier alpha value is -1.46. The molecule has 1 aromatic heterocycles. The minimum atomic E-state index is -0.875. The van der Waals surface area contributed by atoms with E-state index < -0.39 is 23.7 Å². The Kier molecular flexibility index (Phi) is 5.70. The normalized spacial score (nSPS) is 15.3. The predicted molar refractivity (Wildman–Crippen MR) is 86.0 cm³/mol. The zero-order chi connectivity index (χ0) is 17.1. The number of nitrogens with two attached hydrogens (primary N) is 1. The van der Waals surface area contributed by atoms with E-state index in [2.05, 4.69) is 25.8 Å². The summed E-state index contributed by atoms with van der Waals surface area (Å²) in [5.41, 5.74) is 6.47. The van der Waals surface area contributed by atoms with Crippen LogP contribution in [0.15, 0.2) is 18.3 Å². The Morgan fingerprint density at radius 3 is 2.27 bits per heavy atom. The van der Waals surface area contributed by atoms with Gasteiger partial charge in [0.25, 0.3) is 0 Å². The molecular formula is C17H28N2O3. The second-order valence-electron chi connectivity index (χ2n) is 7.81. The Labute approximate surface area is 132 Å². The number of carbonyl (C=O) groups is 1. The van der Waals surface area contributed by atoms with Crippen LogP contribution in [-0.2, 0) is 9.53 Å². The average Bonchev–Trinajstić information content (AvgIpc) is 2.34. The Morgan fingerprint density at radius 2 is 1.86 bits per heavy atom. The third-order valence-corrected chi connectivity index (χ3v) is 2.98. The maximum Gasteiger partial charge on any atom is 0.328 e. The summed E-state index contributed by atoms with van der Waals surface area (Å²) in [7, 11) is 0. The molecule has 0 saturated carbocycles. The SMILES string of the molecule is CC(C)(C)CC(O)c1ccc(C(N)C(=O)OC(C)(C)C)cn1. The highest BCUT2D eigenvalue weighted by molar-refractivity contribution is 5.77. The maximum atomic E-state index is 11.9. The van der Waals surface area contributed by atoms with Crippen molar-refractivity contribution in [3.63, 3.8) is 0 Å². The van der Waals surface area contributed by atoms with Crippen molar-refractivity contribution in [2.75, 3.05) is 0 Å². The van der Waals surface area contributed by atoms with Crippen LogP contribution in [0.1, 0.15) is 71.4 Å². The van der Waals surface area contributed by atoms with Gasteiger partial charge in [0.2, 0.25) is 0 Å². The summed E-state index contributed by atoms with van der Waals surface area (Å²) in [6.45, 7) is 11.6. The molecule has 0 aliphatic carbocycles. The average molecular weight is 308 g/mol. The topological polar surface area (TPSA) is 85.4 Å². The van der Waals surface area contributed by atoms with Crippen molar-refractivity contribution in [3.8, 4) is 0 Å². The van der Waals surface area contributed by atoms with Crippen LogP contribution in [0.3, 0.4) is 0 Å². The molecular weight excluding hydrogens is 280 g/mol. The third kappa shape index (κ3) is 6.12. The zero-order valence-corrected chi connectivity index (χ0v) is 14.4. The molecule has 0 aliphatic heterocycles. The summed E-state index contributed by atoms with van der Waals surface area (Å²) < 4.78 is 5.26. The van der Waals surface area contributed by atoms with E-state index in [0.717, 1.165) is 0 Å². The number of aromatic nitrogens is 1. The summed E-state index contributed by atoms with van der Waals surface area (Å²) in [5, 5.41) is 10.2. The van der Waals surface area contributed by atoms with Gasteiger partial charge >= 0.3 is 5.97 Å². The van der Waals surface area contributed by atoms with Gasteiger partial charge in [-0.3, -0.25) is 4.98 Å². The van der Waals surface area contributed by atoms with Crippen LogP contribution < -0.4 is 5.73 Å². The molecule has 0 aromatic carbocycles. The Bertz CT molecular complexity index is 498. The van der Waals surface area contributed by atoms with Gasteiger partial charge in [0.15, 0.2) is 0 Å². The number of hydrogen-bond acceptors (Lipinski definition) is 5. The first-order chi connectivity index (χ1) is 9.89. The number of pyridine rings is 1. The second-order valence-corrected chi connectivity index (χ2v) is 7.81. The molecule has 0 amide bonds. The van der Waals surface area contributed by atoms with E-state index in [1.165, 1.54) is 6.20 Å². The maximum absolute atomic E-state index is 11.9. The first-order valence-electron chi connectivity index (χ1n) is 7.51. The van der Waals surface area contributed by atoms with Crippen molar-refractivity contribution in [3.05, 3.63) is 29.6 Å². The van der Waals surface area contributed by atoms with Crippen molar-refractivity contribution in [1.29, 1.82) is 0 Å². The van der Waals surface area contributed by atoms with Gasteiger partial charge in [-0.1, -0.05) is 26.8 Å². The molecule has 0 aliphatic rings. The lowest BCUT2D eigenvalue weighted by atomic mass is 9.88. The van der Waals surface area contributed by atoms with Crippen molar-refractivity contribution in [2.24, 2.45) is 11.1 Å². The Balaban J connectivity index is 2.78. The molecule has 0 fully saturated rings. The van der Waals surface area contributed by atoms with E-state index in [1.54, 1.807) is 32.9 Å². The molecule has 1 aromatic rings. The zero-order valence-electron chi connectivity index (χ0n) is 14.4. The summed E-state index contributed by atoms with van der Waals surface area (Å²) in [6.07, 6.45) is 1.50. The molecule has 1 rings (SSSR count). The monoisotopic (exact) mass is 308 g/mol. The molecule has 0 bridgehead atoms. The minimum Gasteiger partial charge on any atom is -0.459 e. The highest BCUT2D eigenvalue weighted by Crippen LogP contribution is 2.28. The summed E-state index contributed by atoms with van der Waals surface area (Å²) in [5.74, 6) is -0.489. The molecule has 124 valence electrons. The van der Waals surface area contributed by atoms with Gasteiger partial charge in [-0.25, -0.2) is 4.79 Å². The number of aliphatic hydroxyl groups excluding tert-OH is 1. The number of carbonyl (C=O) groups excluding carboxylic acids is 1. The summed E-state index contributed by atoms with van der Waals surface area (Å²) in [6, 6.07) is 2.54. The van der Waals surface area contributed by atoms with Crippen LogP contribution >= 0.6 is 0 Å². The van der Waals surface area contributed by atoms with Gasteiger partial charge in [-0.15, -0.1) is 0 Å². The third-order valence-electron chi connectivity index (χ3n) is 2.98. The number of rotatable bonds is 4. The lowest BCUT2D eigenvalue weighted by Crippen LogP contribution is -2.31. The van der Waals surface area contributed by atoms with Crippen molar-refractivity contribution >= 4 is 5.97 Å². The van der Waals surface area contributed by atoms with Gasteiger partial charge in [-0.2, -0.15) is 0 Å². The van der Waals surface area contributed by atoms with E-state index in [9.17, 15) is 9.90 Å². The minimum absolute atomic E-state index is 0.00663. The lowest BCUT2D eigenvalue weighted by Gasteiger charge is -2.23. The first-order valence-corrected chi connectivity index (χ1v) is 7.51. The first kappa shape index (κ1) is 18.6. The smallest absolute Gasteiger partial charge is 0.328 e. The van der Waals surface area contributed by atoms with Crippen molar-refractivity contribution < 1.29 is 14.6 Å². The molecule has 0 spiro atoms. The van der Waals surface area contributed by atoms with Gasteiger partial charge in [0.05, 0.1) is 11.8 Å². The molecule has 0 saturated heterocycles. The van der Waals surface area contributed by atoms with Crippen LogP contribution in [-0.4, -0.2) is 21.7 Å². The van der Waals surface area contributed by atoms with Crippen molar-refractivity contribution in [1.82, 2.24) is 4.98 Å². The predicted octanol–water partition coefficient (Wildman–Crippen LogP) is 2.89. The van der Waals surface area contributed by atoms with Crippen LogP contribution in [0.4, 0.5) is 0 Å². The van der Waals surface area contributed by atoms with Crippen LogP contribution in [0.5, 0.6) is 0 Å². The van der Waals surface area contributed by atoms with Gasteiger partial charge in [0, 0.05) is 6.20 Å². The van der Waals surface area contributed by atoms with Gasteiger partial charge in [0.1, 0.15) is 11.6 Å². The van der Waals surface area contributed by atoms with E-state index in [-0.39, 0.29) is 5.41 Å². The molecule has 3 N–H and O–H groups in total. The van der Waals surface area contributed by atoms with E-state index in [0.29, 0.717) is 17.7 Å². The van der Waals surface area contributed by atoms with Gasteiger partial charge in [-0.05, 0) is 44.2 Å². The second kappa shape index (κ2) is 6.75. The number of esters is 1.